The molecule has 2 atom stereocenters. The van der Waals surface area contributed by atoms with Gasteiger partial charge in [0.15, 0.2) is 0 Å². The lowest BCUT2D eigenvalue weighted by Crippen LogP contribution is -2.48. The molecule has 8 heteroatoms. The number of amides is 2. The molecule has 1 aromatic rings. The molecule has 2 saturated heterocycles. The van der Waals surface area contributed by atoms with Gasteiger partial charge in [0.1, 0.15) is 4.90 Å². The van der Waals surface area contributed by atoms with Gasteiger partial charge in [0.25, 0.3) is 21.8 Å². The standard InChI is InChI=1S/C18H23N3O4S/c1-10(2)21-18(23)15-6-3-11(7-16(15)26(21,24)25)17(22)20-14-8-12-4-5-13(9-14)19-12/h3,6-7,10,12-14,19H,4-5,8-9H2,1-2H3,(H,20,22). The first-order valence-electron chi connectivity index (χ1n) is 9.07. The zero-order valence-electron chi connectivity index (χ0n) is 14.9. The van der Waals surface area contributed by atoms with Crippen LogP contribution in [0.25, 0.3) is 0 Å². The normalized spacial score (nSPS) is 29.1. The fourth-order valence-corrected chi connectivity index (χ4v) is 6.14. The molecule has 0 saturated carbocycles. The zero-order chi connectivity index (χ0) is 18.6. The lowest BCUT2D eigenvalue weighted by atomic mass is 9.99. The molecular weight excluding hydrogens is 354 g/mol. The number of nitrogens with zero attached hydrogens (tertiary/aromatic N) is 1. The van der Waals surface area contributed by atoms with Crippen LogP contribution in [0.3, 0.4) is 0 Å². The highest BCUT2D eigenvalue weighted by Crippen LogP contribution is 2.33. The van der Waals surface area contributed by atoms with E-state index >= 15 is 0 Å². The van der Waals surface area contributed by atoms with Crippen LogP contribution < -0.4 is 10.6 Å². The molecule has 2 bridgehead atoms. The van der Waals surface area contributed by atoms with E-state index in [0.717, 1.165) is 30.0 Å². The highest BCUT2D eigenvalue weighted by molar-refractivity contribution is 7.90. The first kappa shape index (κ1) is 17.5. The van der Waals surface area contributed by atoms with Crippen molar-refractivity contribution in [3.05, 3.63) is 29.3 Å². The largest absolute Gasteiger partial charge is 0.349 e. The summed E-state index contributed by atoms with van der Waals surface area (Å²) in [7, 11) is -3.90. The number of nitrogens with one attached hydrogen (secondary N) is 2. The Bertz CT molecular complexity index is 868. The molecular formula is C18H23N3O4S. The highest BCUT2D eigenvalue weighted by Gasteiger charge is 2.43. The number of rotatable bonds is 3. The molecule has 3 aliphatic rings. The van der Waals surface area contributed by atoms with Crippen LogP contribution in [-0.4, -0.2) is 48.7 Å². The molecule has 0 aromatic heterocycles. The molecule has 2 fully saturated rings. The monoisotopic (exact) mass is 377 g/mol. The zero-order valence-corrected chi connectivity index (χ0v) is 15.7. The number of carbonyl (C=O) groups excluding carboxylic acids is 2. The second-order valence-corrected chi connectivity index (χ2v) is 9.47. The average Bonchev–Trinajstić information content (AvgIpc) is 3.01. The summed E-state index contributed by atoms with van der Waals surface area (Å²) in [6, 6.07) is 4.84. The second kappa shape index (κ2) is 6.06. The Kier molecular flexibility index (Phi) is 4.07. The van der Waals surface area contributed by atoms with Gasteiger partial charge in [-0.2, -0.15) is 0 Å². The van der Waals surface area contributed by atoms with Crippen molar-refractivity contribution in [3.63, 3.8) is 0 Å². The van der Waals surface area contributed by atoms with Gasteiger partial charge >= 0.3 is 0 Å². The Morgan fingerprint density at radius 1 is 1.23 bits per heavy atom. The minimum Gasteiger partial charge on any atom is -0.349 e. The van der Waals surface area contributed by atoms with Crippen LogP contribution in [0.4, 0.5) is 0 Å². The van der Waals surface area contributed by atoms with E-state index in [9.17, 15) is 18.0 Å². The van der Waals surface area contributed by atoms with Gasteiger partial charge in [-0.15, -0.1) is 0 Å². The average molecular weight is 377 g/mol. The Labute approximate surface area is 153 Å². The molecule has 26 heavy (non-hydrogen) atoms. The molecule has 0 spiro atoms. The second-order valence-electron chi connectivity index (χ2n) is 7.69. The van der Waals surface area contributed by atoms with Gasteiger partial charge in [-0.05, 0) is 57.7 Å². The van der Waals surface area contributed by atoms with Crippen LogP contribution in [-0.2, 0) is 10.0 Å². The summed E-state index contributed by atoms with van der Waals surface area (Å²) in [6.45, 7) is 3.31. The maximum atomic E-state index is 12.7. The van der Waals surface area contributed by atoms with E-state index in [-0.39, 0.29) is 28.0 Å². The van der Waals surface area contributed by atoms with E-state index in [1.165, 1.54) is 18.2 Å². The Morgan fingerprint density at radius 3 is 2.50 bits per heavy atom. The van der Waals surface area contributed by atoms with E-state index in [0.29, 0.717) is 12.1 Å². The van der Waals surface area contributed by atoms with Crippen molar-refractivity contribution >= 4 is 21.8 Å². The smallest absolute Gasteiger partial charge is 0.269 e. The van der Waals surface area contributed by atoms with Gasteiger partial charge < -0.3 is 10.6 Å². The minimum absolute atomic E-state index is 0.0748. The molecule has 0 radical (unpaired) electrons. The van der Waals surface area contributed by atoms with Crippen LogP contribution in [0.5, 0.6) is 0 Å². The van der Waals surface area contributed by atoms with Crippen molar-refractivity contribution in [1.29, 1.82) is 0 Å². The fraction of sp³-hybridized carbons (Fsp3) is 0.556. The van der Waals surface area contributed by atoms with Crippen molar-refractivity contribution < 1.29 is 18.0 Å². The van der Waals surface area contributed by atoms with Gasteiger partial charge in [0.05, 0.1) is 5.56 Å². The summed E-state index contributed by atoms with van der Waals surface area (Å²) in [4.78, 5) is 24.9. The Balaban J connectivity index is 1.57. The summed E-state index contributed by atoms with van der Waals surface area (Å²) in [5.74, 6) is -0.818. The van der Waals surface area contributed by atoms with E-state index < -0.39 is 22.0 Å². The number of piperidine rings is 1. The maximum absolute atomic E-state index is 12.7. The molecule has 2 amide bonds. The van der Waals surface area contributed by atoms with Crippen molar-refractivity contribution in [3.8, 4) is 0 Å². The summed E-state index contributed by atoms with van der Waals surface area (Å²) < 4.78 is 26.2. The molecule has 140 valence electrons. The minimum atomic E-state index is -3.90. The Morgan fingerprint density at radius 2 is 1.88 bits per heavy atom. The number of fused-ring (bicyclic) bond motifs is 3. The molecule has 3 heterocycles. The van der Waals surface area contributed by atoms with Gasteiger partial charge in [-0.1, -0.05) is 0 Å². The third-order valence-corrected chi connectivity index (χ3v) is 7.49. The van der Waals surface area contributed by atoms with E-state index in [1.807, 2.05) is 0 Å². The molecule has 2 N–H and O–H groups in total. The Hall–Kier alpha value is -1.93. The topological polar surface area (TPSA) is 95.6 Å². The molecule has 3 aliphatic heterocycles. The maximum Gasteiger partial charge on any atom is 0.269 e. The summed E-state index contributed by atoms with van der Waals surface area (Å²) in [5.41, 5.74) is 0.409. The molecule has 7 nitrogen and oxygen atoms in total. The predicted molar refractivity (Wildman–Crippen MR) is 95.4 cm³/mol. The van der Waals surface area contributed by atoms with Crippen molar-refractivity contribution in [2.75, 3.05) is 0 Å². The van der Waals surface area contributed by atoms with E-state index in [4.69, 9.17) is 0 Å². The van der Waals surface area contributed by atoms with Crippen LogP contribution in [0.15, 0.2) is 23.1 Å². The van der Waals surface area contributed by atoms with Gasteiger partial charge in [0.2, 0.25) is 0 Å². The summed E-state index contributed by atoms with van der Waals surface area (Å²) in [6.07, 6.45) is 4.07. The fourth-order valence-electron chi connectivity index (χ4n) is 4.34. The number of hydrogen-bond acceptors (Lipinski definition) is 5. The quantitative estimate of drug-likeness (QED) is 0.827. The number of carbonyl (C=O) groups is 2. The predicted octanol–water partition coefficient (Wildman–Crippen LogP) is 1.25. The molecule has 2 unspecified atom stereocenters. The number of hydrogen-bond donors (Lipinski definition) is 2. The van der Waals surface area contributed by atoms with Gasteiger partial charge in [-0.3, -0.25) is 9.59 Å². The van der Waals surface area contributed by atoms with Gasteiger partial charge in [-0.25, -0.2) is 12.7 Å². The lowest BCUT2D eigenvalue weighted by molar-refractivity contribution is 0.0844. The van der Waals surface area contributed by atoms with Crippen LogP contribution in [0.2, 0.25) is 0 Å². The van der Waals surface area contributed by atoms with Crippen molar-refractivity contribution in [1.82, 2.24) is 14.9 Å². The van der Waals surface area contributed by atoms with Crippen molar-refractivity contribution in [2.24, 2.45) is 0 Å². The van der Waals surface area contributed by atoms with Gasteiger partial charge in [0, 0.05) is 29.7 Å². The first-order valence-corrected chi connectivity index (χ1v) is 10.5. The lowest BCUT2D eigenvalue weighted by Gasteiger charge is -2.29. The number of sulfonamides is 1. The van der Waals surface area contributed by atoms with Crippen LogP contribution in [0.1, 0.15) is 60.2 Å². The summed E-state index contributed by atoms with van der Waals surface area (Å²) >= 11 is 0. The third kappa shape index (κ3) is 2.72. The highest BCUT2D eigenvalue weighted by atomic mass is 32.2. The van der Waals surface area contributed by atoms with E-state index in [2.05, 4.69) is 10.6 Å². The molecule has 0 aliphatic carbocycles. The summed E-state index contributed by atoms with van der Waals surface area (Å²) in [5, 5.41) is 6.55. The third-order valence-electron chi connectivity index (χ3n) is 5.49. The van der Waals surface area contributed by atoms with Crippen molar-refractivity contribution in [2.45, 2.75) is 68.6 Å². The van der Waals surface area contributed by atoms with E-state index in [1.54, 1.807) is 13.8 Å². The number of benzene rings is 1. The molecule has 4 rings (SSSR count). The first-order chi connectivity index (χ1) is 12.3. The molecule has 1 aromatic carbocycles. The SMILES string of the molecule is CC(C)N1C(=O)c2ccc(C(=O)NC3CC4CCC(C3)N4)cc2S1(=O)=O. The van der Waals surface area contributed by atoms with Crippen LogP contribution in [0, 0.1) is 0 Å². The van der Waals surface area contributed by atoms with Crippen LogP contribution >= 0.6 is 0 Å².